The van der Waals surface area contributed by atoms with Crippen LogP contribution < -0.4 is 14.5 Å². The summed E-state index contributed by atoms with van der Waals surface area (Å²) in [5.41, 5.74) is 1.73. The number of likely N-dealkylation sites (N-methyl/N-ethyl adjacent to an activating group) is 1. The molecule has 0 saturated carbocycles. The normalized spacial score (nSPS) is 15.3. The fourth-order valence-electron chi connectivity index (χ4n) is 3.72. The van der Waals surface area contributed by atoms with Gasteiger partial charge in [-0.1, -0.05) is 30.3 Å². The third-order valence-corrected chi connectivity index (χ3v) is 5.22. The van der Waals surface area contributed by atoms with E-state index in [1.54, 1.807) is 18.0 Å². The van der Waals surface area contributed by atoms with Crippen LogP contribution in [0, 0.1) is 15.9 Å². The van der Waals surface area contributed by atoms with E-state index >= 15 is 4.39 Å². The number of fused-ring (bicyclic) bond motifs is 1. The lowest BCUT2D eigenvalue weighted by Crippen LogP contribution is -2.41. The number of benzene rings is 2. The van der Waals surface area contributed by atoms with Gasteiger partial charge in [0.25, 0.3) is 0 Å². The minimum absolute atomic E-state index is 0.0348. The van der Waals surface area contributed by atoms with E-state index in [2.05, 4.69) is 0 Å². The number of ether oxygens (including phenoxy) is 2. The minimum atomic E-state index is -0.915. The quantitative estimate of drug-likeness (QED) is 0.389. The average Bonchev–Trinajstić information content (AvgIpc) is 2.74. The van der Waals surface area contributed by atoms with Crippen LogP contribution in [0.2, 0.25) is 0 Å². The second-order valence-corrected chi connectivity index (χ2v) is 7.18. The molecule has 9 heteroatoms. The number of carbonyl (C=O) groups excluding carboxylic acids is 1. The molecule has 0 aliphatic carbocycles. The zero-order chi connectivity index (χ0) is 21.8. The number of nitro groups is 1. The lowest BCUT2D eigenvalue weighted by molar-refractivity contribution is -0.519. The molecule has 1 aliphatic rings. The van der Waals surface area contributed by atoms with E-state index in [0.29, 0.717) is 5.69 Å². The van der Waals surface area contributed by atoms with Gasteiger partial charge in [-0.25, -0.2) is 4.39 Å². The first-order valence-electron chi connectivity index (χ1n) is 9.45. The summed E-state index contributed by atoms with van der Waals surface area (Å²) in [4.78, 5) is 26.2. The highest BCUT2D eigenvalue weighted by atomic mass is 19.1. The van der Waals surface area contributed by atoms with Crippen LogP contribution in [0.4, 0.5) is 15.8 Å². The van der Waals surface area contributed by atoms with Gasteiger partial charge in [-0.15, -0.1) is 0 Å². The Labute approximate surface area is 173 Å². The zero-order valence-electron chi connectivity index (χ0n) is 17.1. The number of methoxy groups -OCH3 is 2. The third kappa shape index (κ3) is 4.29. The van der Waals surface area contributed by atoms with E-state index in [1.807, 2.05) is 30.3 Å². The van der Waals surface area contributed by atoms with E-state index in [4.69, 9.17) is 9.47 Å². The van der Waals surface area contributed by atoms with Gasteiger partial charge in [-0.05, 0) is 5.56 Å². The summed E-state index contributed by atoms with van der Waals surface area (Å²) in [7, 11) is 4.37. The maximum atomic E-state index is 15.8. The van der Waals surface area contributed by atoms with Crippen molar-refractivity contribution in [1.29, 1.82) is 0 Å². The molecule has 0 fully saturated rings. The molecule has 0 spiro atoms. The Morgan fingerprint density at radius 3 is 2.63 bits per heavy atom. The number of nitrogens with zero attached hydrogens (tertiary/aromatic N) is 3. The zero-order valence-corrected chi connectivity index (χ0v) is 17.1. The second kappa shape index (κ2) is 8.98. The average molecular weight is 417 g/mol. The number of carbonyl (C=O) groups is 1. The van der Waals surface area contributed by atoms with Crippen molar-refractivity contribution in [2.75, 3.05) is 44.2 Å². The summed E-state index contributed by atoms with van der Waals surface area (Å²) >= 11 is 0. The number of hydrogen-bond acceptors (Lipinski definition) is 7. The third-order valence-electron chi connectivity index (χ3n) is 5.22. The van der Waals surface area contributed by atoms with Gasteiger partial charge in [0.05, 0.1) is 20.8 Å². The summed E-state index contributed by atoms with van der Waals surface area (Å²) < 4.78 is 26.0. The summed E-state index contributed by atoms with van der Waals surface area (Å²) in [5, 5.41) is 11.3. The van der Waals surface area contributed by atoms with Crippen molar-refractivity contribution in [3.05, 3.63) is 63.5 Å². The molecule has 1 aliphatic heterocycles. The van der Waals surface area contributed by atoms with Crippen molar-refractivity contribution in [3.8, 4) is 5.75 Å². The molecule has 3 rings (SSSR count). The molecule has 8 nitrogen and oxygen atoms in total. The van der Waals surface area contributed by atoms with Crippen LogP contribution in [-0.2, 0) is 22.5 Å². The Hall–Kier alpha value is -3.36. The molecule has 0 saturated heterocycles. The SMILES string of the molecule is COC(=O)CN(Cc1ccccc1)c1c(OC)cc2c(c1F)CC([N+](=O)[O-])CN2C. The van der Waals surface area contributed by atoms with Gasteiger partial charge < -0.3 is 19.3 Å². The van der Waals surface area contributed by atoms with Gasteiger partial charge in [0.1, 0.15) is 18.0 Å². The Balaban J connectivity index is 2.11. The largest absolute Gasteiger partial charge is 0.494 e. The molecule has 1 heterocycles. The maximum absolute atomic E-state index is 15.8. The highest BCUT2D eigenvalue weighted by Gasteiger charge is 2.35. The molecule has 1 unspecified atom stereocenters. The molecule has 0 aromatic heterocycles. The van der Waals surface area contributed by atoms with E-state index < -0.39 is 17.8 Å². The first-order chi connectivity index (χ1) is 14.3. The van der Waals surface area contributed by atoms with Crippen LogP contribution in [0.25, 0.3) is 0 Å². The topological polar surface area (TPSA) is 85.1 Å². The van der Waals surface area contributed by atoms with Gasteiger partial charge in [0.15, 0.2) is 5.82 Å². The van der Waals surface area contributed by atoms with Crippen molar-refractivity contribution < 1.29 is 23.6 Å². The number of esters is 1. The Bertz CT molecular complexity index is 938. The molecule has 1 atom stereocenters. The number of anilines is 2. The van der Waals surface area contributed by atoms with Gasteiger partial charge >= 0.3 is 5.97 Å². The predicted molar refractivity (Wildman–Crippen MR) is 110 cm³/mol. The molecule has 0 bridgehead atoms. The predicted octanol–water partition coefficient (Wildman–Crippen LogP) is 2.65. The standard InChI is InChI=1S/C21H24FN3O5/c1-23-12-15(25(27)28)9-16-17(23)10-18(29-2)21(20(16)22)24(13-19(26)30-3)11-14-7-5-4-6-8-14/h4-8,10,15H,9,11-13H2,1-3H3. The lowest BCUT2D eigenvalue weighted by atomic mass is 9.96. The fourth-order valence-corrected chi connectivity index (χ4v) is 3.72. The molecular formula is C21H24FN3O5. The van der Waals surface area contributed by atoms with E-state index in [1.165, 1.54) is 19.1 Å². The van der Waals surface area contributed by atoms with Crippen molar-refractivity contribution in [1.82, 2.24) is 0 Å². The Morgan fingerprint density at radius 2 is 2.03 bits per heavy atom. The van der Waals surface area contributed by atoms with Gasteiger partial charge in [0.2, 0.25) is 6.04 Å². The molecule has 160 valence electrons. The molecular weight excluding hydrogens is 393 g/mol. The summed E-state index contributed by atoms with van der Waals surface area (Å²) in [5.74, 6) is -0.912. The number of halogens is 1. The maximum Gasteiger partial charge on any atom is 0.325 e. The van der Waals surface area contributed by atoms with Gasteiger partial charge in [-0.2, -0.15) is 0 Å². The van der Waals surface area contributed by atoms with E-state index in [-0.39, 0.29) is 48.0 Å². The van der Waals surface area contributed by atoms with Crippen molar-refractivity contribution in [2.45, 2.75) is 19.0 Å². The molecule has 2 aromatic rings. The summed E-state index contributed by atoms with van der Waals surface area (Å²) in [6, 6.07) is 10.0. The highest BCUT2D eigenvalue weighted by molar-refractivity contribution is 5.79. The molecule has 2 aromatic carbocycles. The van der Waals surface area contributed by atoms with Crippen LogP contribution >= 0.6 is 0 Å². The highest BCUT2D eigenvalue weighted by Crippen LogP contribution is 2.42. The van der Waals surface area contributed by atoms with Crippen molar-refractivity contribution in [3.63, 3.8) is 0 Å². The minimum Gasteiger partial charge on any atom is -0.494 e. The summed E-state index contributed by atoms with van der Waals surface area (Å²) in [6.07, 6.45) is -0.0348. The van der Waals surface area contributed by atoms with Crippen molar-refractivity contribution in [2.24, 2.45) is 0 Å². The first kappa shape index (κ1) is 21.4. The van der Waals surface area contributed by atoms with Gasteiger partial charge in [0, 0.05) is 42.3 Å². The van der Waals surface area contributed by atoms with Gasteiger partial charge in [-0.3, -0.25) is 14.9 Å². The number of rotatable bonds is 7. The lowest BCUT2D eigenvalue weighted by Gasteiger charge is -2.33. The van der Waals surface area contributed by atoms with E-state index in [0.717, 1.165) is 5.56 Å². The van der Waals surface area contributed by atoms with Crippen LogP contribution in [0.3, 0.4) is 0 Å². The van der Waals surface area contributed by atoms with Crippen LogP contribution in [0.1, 0.15) is 11.1 Å². The fraction of sp³-hybridized carbons (Fsp3) is 0.381. The molecule has 0 amide bonds. The van der Waals surface area contributed by atoms with Crippen molar-refractivity contribution >= 4 is 17.3 Å². The monoisotopic (exact) mass is 417 g/mol. The first-order valence-corrected chi connectivity index (χ1v) is 9.45. The van der Waals surface area contributed by atoms with Crippen LogP contribution in [0.15, 0.2) is 36.4 Å². The van der Waals surface area contributed by atoms with Crippen LogP contribution in [0.5, 0.6) is 5.75 Å². The smallest absolute Gasteiger partial charge is 0.325 e. The molecule has 0 N–H and O–H groups in total. The molecule has 30 heavy (non-hydrogen) atoms. The molecule has 0 radical (unpaired) electrons. The summed E-state index contributed by atoms with van der Waals surface area (Å²) in [6.45, 7) is 0.209. The number of hydrogen-bond donors (Lipinski definition) is 0. The Kier molecular flexibility index (Phi) is 6.39. The van der Waals surface area contributed by atoms with Crippen LogP contribution in [-0.4, -0.2) is 51.3 Å². The Morgan fingerprint density at radius 1 is 1.33 bits per heavy atom. The second-order valence-electron chi connectivity index (χ2n) is 7.18. The van der Waals surface area contributed by atoms with E-state index in [9.17, 15) is 14.9 Å².